The fourth-order valence-electron chi connectivity index (χ4n) is 3.42. The second kappa shape index (κ2) is 7.22. The smallest absolute Gasteiger partial charge is 0.258 e. The Labute approximate surface area is 161 Å². The van der Waals surface area contributed by atoms with Crippen LogP contribution in [0.3, 0.4) is 0 Å². The topological polar surface area (TPSA) is 109 Å². The van der Waals surface area contributed by atoms with E-state index in [9.17, 15) is 15.0 Å². The number of hydrogen-bond acceptors (Lipinski definition) is 7. The fraction of sp³-hybridized carbons (Fsp3) is 0.250. The molecular weight excluding hydrogens is 362 g/mol. The highest BCUT2D eigenvalue weighted by atomic mass is 16.5. The van der Waals surface area contributed by atoms with Crippen molar-refractivity contribution < 1.29 is 24.2 Å². The van der Waals surface area contributed by atoms with Gasteiger partial charge in [0.2, 0.25) is 5.89 Å². The molecule has 1 aromatic heterocycles. The molecule has 1 atom stereocenters. The molecule has 0 radical (unpaired) electrons. The summed E-state index contributed by atoms with van der Waals surface area (Å²) in [7, 11) is 1.57. The third-order valence-corrected chi connectivity index (χ3v) is 4.79. The SMILES string of the molecule is COc1ccccc1-c1nnc([C@H]2CCCN2C(=O)c2ccc(O)cc2O)o1. The first-order valence-corrected chi connectivity index (χ1v) is 8.88. The van der Waals surface area contributed by atoms with Crippen molar-refractivity contribution >= 4 is 5.91 Å². The van der Waals surface area contributed by atoms with Crippen molar-refractivity contribution in [1.29, 1.82) is 0 Å². The van der Waals surface area contributed by atoms with Crippen LogP contribution in [0.1, 0.15) is 35.1 Å². The first kappa shape index (κ1) is 17.8. The van der Waals surface area contributed by atoms with Crippen molar-refractivity contribution in [2.45, 2.75) is 18.9 Å². The molecule has 1 aliphatic rings. The molecule has 0 saturated carbocycles. The van der Waals surface area contributed by atoms with Crippen LogP contribution in [-0.2, 0) is 0 Å². The molecule has 8 nitrogen and oxygen atoms in total. The van der Waals surface area contributed by atoms with Crippen LogP contribution >= 0.6 is 0 Å². The summed E-state index contributed by atoms with van der Waals surface area (Å²) in [6, 6.07) is 10.9. The summed E-state index contributed by atoms with van der Waals surface area (Å²) < 4.78 is 11.2. The number of ether oxygens (including phenoxy) is 1. The Hall–Kier alpha value is -3.55. The van der Waals surface area contributed by atoms with Crippen molar-refractivity contribution in [1.82, 2.24) is 15.1 Å². The van der Waals surface area contributed by atoms with E-state index in [4.69, 9.17) is 9.15 Å². The summed E-state index contributed by atoms with van der Waals surface area (Å²) in [5, 5.41) is 27.7. The number of carbonyl (C=O) groups is 1. The molecule has 1 aliphatic heterocycles. The standard InChI is InChI=1S/C20H19N3O5/c1-27-17-7-3-2-5-14(17)18-21-22-19(28-18)15-6-4-10-23(15)20(26)13-9-8-12(24)11-16(13)25/h2-3,5,7-9,11,15,24-25H,4,6,10H2,1H3/t15-/m1/s1. The lowest BCUT2D eigenvalue weighted by molar-refractivity contribution is 0.0713. The number of benzene rings is 2. The van der Waals surface area contributed by atoms with Gasteiger partial charge in [-0.05, 0) is 37.1 Å². The summed E-state index contributed by atoms with van der Waals surface area (Å²) >= 11 is 0. The molecule has 144 valence electrons. The molecule has 0 bridgehead atoms. The first-order chi connectivity index (χ1) is 13.6. The minimum Gasteiger partial charge on any atom is -0.508 e. The fourth-order valence-corrected chi connectivity index (χ4v) is 3.42. The molecule has 28 heavy (non-hydrogen) atoms. The summed E-state index contributed by atoms with van der Waals surface area (Å²) in [4.78, 5) is 14.5. The summed E-state index contributed by atoms with van der Waals surface area (Å²) in [6.07, 6.45) is 1.46. The van der Waals surface area contributed by atoms with Gasteiger partial charge in [0.05, 0.1) is 18.2 Å². The predicted octanol–water partition coefficient (Wildman–Crippen LogP) is 3.13. The predicted molar refractivity (Wildman–Crippen MR) is 99.1 cm³/mol. The number of hydrogen-bond donors (Lipinski definition) is 2. The average molecular weight is 381 g/mol. The van der Waals surface area contributed by atoms with E-state index >= 15 is 0 Å². The van der Waals surface area contributed by atoms with E-state index < -0.39 is 0 Å². The van der Waals surface area contributed by atoms with Crippen LogP contribution in [0.2, 0.25) is 0 Å². The molecule has 0 unspecified atom stereocenters. The second-order valence-corrected chi connectivity index (χ2v) is 6.50. The quantitative estimate of drug-likeness (QED) is 0.714. The molecule has 2 heterocycles. The van der Waals surface area contributed by atoms with E-state index in [-0.39, 0.29) is 29.0 Å². The minimum atomic E-state index is -0.378. The number of methoxy groups -OCH3 is 1. The van der Waals surface area contributed by atoms with Crippen LogP contribution in [0.4, 0.5) is 0 Å². The number of phenols is 2. The number of nitrogens with zero attached hydrogens (tertiary/aromatic N) is 3. The highest BCUT2D eigenvalue weighted by Gasteiger charge is 2.35. The average Bonchev–Trinajstić information content (AvgIpc) is 3.36. The third kappa shape index (κ3) is 3.13. The number of phenolic OH excluding ortho intramolecular Hbond substituents is 2. The lowest BCUT2D eigenvalue weighted by atomic mass is 10.1. The molecular formula is C20H19N3O5. The molecule has 0 aliphatic carbocycles. The Morgan fingerprint density at radius 1 is 1.21 bits per heavy atom. The number of amides is 1. The van der Waals surface area contributed by atoms with E-state index in [1.807, 2.05) is 18.2 Å². The van der Waals surface area contributed by atoms with E-state index in [1.165, 1.54) is 12.1 Å². The number of likely N-dealkylation sites (tertiary alicyclic amines) is 1. The van der Waals surface area contributed by atoms with Gasteiger partial charge in [0, 0.05) is 12.6 Å². The highest BCUT2D eigenvalue weighted by molar-refractivity contribution is 5.97. The molecule has 1 amide bonds. The van der Waals surface area contributed by atoms with Crippen LogP contribution < -0.4 is 4.74 Å². The van der Waals surface area contributed by atoms with E-state index in [2.05, 4.69) is 10.2 Å². The molecule has 4 rings (SSSR count). The number of aromatic hydroxyl groups is 2. The van der Waals surface area contributed by atoms with Gasteiger partial charge in [-0.25, -0.2) is 0 Å². The van der Waals surface area contributed by atoms with Gasteiger partial charge in [0.15, 0.2) is 0 Å². The Bertz CT molecular complexity index is 1020. The number of para-hydroxylation sites is 1. The number of aromatic nitrogens is 2. The Kier molecular flexibility index (Phi) is 4.60. The van der Waals surface area contributed by atoms with Gasteiger partial charge in [-0.15, -0.1) is 10.2 Å². The van der Waals surface area contributed by atoms with Crippen LogP contribution in [-0.4, -0.2) is 44.9 Å². The Balaban J connectivity index is 1.62. The van der Waals surface area contributed by atoms with Crippen molar-refractivity contribution in [2.75, 3.05) is 13.7 Å². The molecule has 1 saturated heterocycles. The Morgan fingerprint density at radius 2 is 2.04 bits per heavy atom. The largest absolute Gasteiger partial charge is 0.508 e. The zero-order valence-electron chi connectivity index (χ0n) is 15.2. The summed E-state index contributed by atoms with van der Waals surface area (Å²) in [6.45, 7) is 0.510. The van der Waals surface area contributed by atoms with Crippen molar-refractivity contribution in [3.05, 3.63) is 53.9 Å². The molecule has 2 N–H and O–H groups in total. The maximum atomic E-state index is 12.9. The lowest BCUT2D eigenvalue weighted by Gasteiger charge is -2.22. The monoisotopic (exact) mass is 381 g/mol. The van der Waals surface area contributed by atoms with Gasteiger partial charge in [-0.3, -0.25) is 4.79 Å². The molecule has 8 heteroatoms. The normalized spacial score (nSPS) is 16.3. The number of carbonyl (C=O) groups excluding carboxylic acids is 1. The van der Waals surface area contributed by atoms with Crippen LogP contribution in [0.5, 0.6) is 17.2 Å². The van der Waals surface area contributed by atoms with Gasteiger partial charge < -0.3 is 24.3 Å². The first-order valence-electron chi connectivity index (χ1n) is 8.88. The summed E-state index contributed by atoms with van der Waals surface area (Å²) in [5.41, 5.74) is 0.796. The highest BCUT2D eigenvalue weighted by Crippen LogP contribution is 2.36. The van der Waals surface area contributed by atoms with Gasteiger partial charge in [-0.2, -0.15) is 0 Å². The maximum absolute atomic E-state index is 12.9. The van der Waals surface area contributed by atoms with Crippen molar-refractivity contribution in [3.8, 4) is 28.7 Å². The van der Waals surface area contributed by atoms with E-state index in [1.54, 1.807) is 18.1 Å². The number of rotatable bonds is 4. The van der Waals surface area contributed by atoms with Crippen LogP contribution in [0.25, 0.3) is 11.5 Å². The van der Waals surface area contributed by atoms with Crippen LogP contribution in [0, 0.1) is 0 Å². The zero-order chi connectivity index (χ0) is 19.7. The Morgan fingerprint density at radius 3 is 2.82 bits per heavy atom. The summed E-state index contributed by atoms with van der Waals surface area (Å²) in [5.74, 6) is 0.550. The van der Waals surface area contributed by atoms with E-state index in [0.717, 1.165) is 12.5 Å². The van der Waals surface area contributed by atoms with Gasteiger partial charge in [-0.1, -0.05) is 12.1 Å². The zero-order valence-corrected chi connectivity index (χ0v) is 15.2. The van der Waals surface area contributed by atoms with Gasteiger partial charge in [0.25, 0.3) is 11.8 Å². The minimum absolute atomic E-state index is 0.106. The van der Waals surface area contributed by atoms with Crippen molar-refractivity contribution in [3.63, 3.8) is 0 Å². The third-order valence-electron chi connectivity index (χ3n) is 4.79. The maximum Gasteiger partial charge on any atom is 0.258 e. The molecule has 2 aromatic carbocycles. The van der Waals surface area contributed by atoms with E-state index in [0.29, 0.717) is 36.1 Å². The van der Waals surface area contributed by atoms with Crippen molar-refractivity contribution in [2.24, 2.45) is 0 Å². The molecule has 0 spiro atoms. The van der Waals surface area contributed by atoms with Crippen LogP contribution in [0.15, 0.2) is 46.9 Å². The van der Waals surface area contributed by atoms with Gasteiger partial charge >= 0.3 is 0 Å². The lowest BCUT2D eigenvalue weighted by Crippen LogP contribution is -2.30. The van der Waals surface area contributed by atoms with Gasteiger partial charge in [0.1, 0.15) is 23.3 Å². The molecule has 1 fully saturated rings. The molecule has 3 aromatic rings. The second-order valence-electron chi connectivity index (χ2n) is 6.50.